The predicted molar refractivity (Wildman–Crippen MR) is 77.8 cm³/mol. The van der Waals surface area contributed by atoms with Gasteiger partial charge in [0.05, 0.1) is 6.42 Å². The number of thioether (sulfide) groups is 1. The quantitative estimate of drug-likeness (QED) is 0.747. The first kappa shape index (κ1) is 15.4. The molecule has 0 saturated heterocycles. The van der Waals surface area contributed by atoms with Crippen molar-refractivity contribution < 1.29 is 14.7 Å². The van der Waals surface area contributed by atoms with Crippen molar-refractivity contribution in [3.63, 3.8) is 0 Å². The van der Waals surface area contributed by atoms with Crippen molar-refractivity contribution in [1.29, 1.82) is 0 Å². The maximum Gasteiger partial charge on any atom is 0.319 e. The van der Waals surface area contributed by atoms with Crippen LogP contribution in [0.3, 0.4) is 0 Å². The molecule has 104 valence electrons. The van der Waals surface area contributed by atoms with E-state index in [1.54, 1.807) is 36.0 Å². The van der Waals surface area contributed by atoms with E-state index in [0.29, 0.717) is 11.3 Å². The molecule has 0 spiro atoms. The van der Waals surface area contributed by atoms with Crippen molar-refractivity contribution in [1.82, 2.24) is 5.32 Å². The van der Waals surface area contributed by atoms with Gasteiger partial charge < -0.3 is 15.7 Å². The Hall–Kier alpha value is -1.69. The van der Waals surface area contributed by atoms with Crippen LogP contribution in [0, 0.1) is 0 Å². The van der Waals surface area contributed by atoms with Crippen molar-refractivity contribution in [2.24, 2.45) is 0 Å². The lowest BCUT2D eigenvalue weighted by Crippen LogP contribution is -2.37. The number of carboxylic acids is 1. The van der Waals surface area contributed by atoms with E-state index in [4.69, 9.17) is 5.11 Å². The van der Waals surface area contributed by atoms with Crippen LogP contribution in [0.5, 0.6) is 0 Å². The number of amides is 2. The highest BCUT2D eigenvalue weighted by Crippen LogP contribution is 2.10. The fourth-order valence-electron chi connectivity index (χ4n) is 1.56. The largest absolute Gasteiger partial charge is 0.481 e. The van der Waals surface area contributed by atoms with E-state index in [-0.39, 0.29) is 18.5 Å². The number of nitrogens with one attached hydrogen (secondary N) is 2. The van der Waals surface area contributed by atoms with Crippen LogP contribution in [0.25, 0.3) is 0 Å². The van der Waals surface area contributed by atoms with E-state index in [1.165, 1.54) is 0 Å². The first-order valence-corrected chi connectivity index (χ1v) is 7.28. The van der Waals surface area contributed by atoms with Crippen molar-refractivity contribution in [3.8, 4) is 0 Å². The molecular weight excluding hydrogens is 264 g/mol. The minimum atomic E-state index is -0.871. The molecule has 3 N–H and O–H groups in total. The van der Waals surface area contributed by atoms with E-state index in [1.807, 2.05) is 13.2 Å². The SMILES string of the molecule is CSCC(C)NC(=O)Nc1ccc(CC(=O)O)cc1. The third-order valence-electron chi connectivity index (χ3n) is 2.36. The molecule has 0 aliphatic carbocycles. The molecule has 0 heterocycles. The second-order valence-electron chi connectivity index (χ2n) is 4.22. The number of carbonyl (C=O) groups is 2. The maximum absolute atomic E-state index is 11.6. The van der Waals surface area contributed by atoms with Gasteiger partial charge in [-0.05, 0) is 30.9 Å². The highest BCUT2D eigenvalue weighted by atomic mass is 32.2. The Bertz CT molecular complexity index is 434. The molecule has 0 radical (unpaired) electrons. The first-order valence-electron chi connectivity index (χ1n) is 5.88. The number of aliphatic carboxylic acids is 1. The van der Waals surface area contributed by atoms with Gasteiger partial charge in [-0.2, -0.15) is 11.8 Å². The summed E-state index contributed by atoms with van der Waals surface area (Å²) in [7, 11) is 0. The lowest BCUT2D eigenvalue weighted by Gasteiger charge is -2.13. The van der Waals surface area contributed by atoms with Gasteiger partial charge in [-0.15, -0.1) is 0 Å². The molecule has 6 heteroatoms. The molecular formula is C13H18N2O3S. The Labute approximate surface area is 116 Å². The highest BCUT2D eigenvalue weighted by molar-refractivity contribution is 7.98. The van der Waals surface area contributed by atoms with Crippen LogP contribution in [-0.2, 0) is 11.2 Å². The van der Waals surface area contributed by atoms with Crippen LogP contribution in [0.4, 0.5) is 10.5 Å². The van der Waals surface area contributed by atoms with Gasteiger partial charge in [-0.1, -0.05) is 12.1 Å². The molecule has 0 aromatic heterocycles. The van der Waals surface area contributed by atoms with E-state index in [0.717, 1.165) is 5.75 Å². The number of hydrogen-bond acceptors (Lipinski definition) is 3. The molecule has 0 aliphatic heterocycles. The summed E-state index contributed by atoms with van der Waals surface area (Å²) in [6.07, 6.45) is 1.97. The monoisotopic (exact) mass is 282 g/mol. The smallest absolute Gasteiger partial charge is 0.319 e. The summed E-state index contributed by atoms with van der Waals surface area (Å²) in [5.41, 5.74) is 1.34. The molecule has 0 fully saturated rings. The van der Waals surface area contributed by atoms with E-state index >= 15 is 0 Å². The summed E-state index contributed by atoms with van der Waals surface area (Å²) in [5, 5.41) is 14.2. The van der Waals surface area contributed by atoms with Crippen LogP contribution < -0.4 is 10.6 Å². The fraction of sp³-hybridized carbons (Fsp3) is 0.385. The number of rotatable bonds is 6. The second kappa shape index (κ2) is 7.68. The molecule has 1 aromatic rings. The van der Waals surface area contributed by atoms with Gasteiger partial charge in [-0.25, -0.2) is 4.79 Å². The summed E-state index contributed by atoms with van der Waals surface area (Å²) >= 11 is 1.67. The zero-order valence-electron chi connectivity index (χ0n) is 11.0. The topological polar surface area (TPSA) is 78.4 Å². The van der Waals surface area contributed by atoms with Gasteiger partial charge in [0, 0.05) is 17.5 Å². The summed E-state index contributed by atoms with van der Waals surface area (Å²) in [4.78, 5) is 22.2. The van der Waals surface area contributed by atoms with E-state index < -0.39 is 5.97 Å². The minimum Gasteiger partial charge on any atom is -0.481 e. The standard InChI is InChI=1S/C13H18N2O3S/c1-9(8-19-2)14-13(18)15-11-5-3-10(4-6-11)7-12(16)17/h3-6,9H,7-8H2,1-2H3,(H,16,17)(H2,14,15,18). The third kappa shape index (κ3) is 6.15. The second-order valence-corrected chi connectivity index (χ2v) is 5.13. The zero-order valence-corrected chi connectivity index (χ0v) is 11.8. The molecule has 0 bridgehead atoms. The lowest BCUT2D eigenvalue weighted by atomic mass is 10.1. The molecule has 1 atom stereocenters. The average Bonchev–Trinajstić information content (AvgIpc) is 2.31. The van der Waals surface area contributed by atoms with E-state index in [2.05, 4.69) is 10.6 Å². The molecule has 0 aliphatic rings. The molecule has 1 aromatic carbocycles. The van der Waals surface area contributed by atoms with Crippen molar-refractivity contribution >= 4 is 29.4 Å². The predicted octanol–water partition coefficient (Wildman–Crippen LogP) is 2.19. The average molecular weight is 282 g/mol. The number of carbonyl (C=O) groups excluding carboxylic acids is 1. The summed E-state index contributed by atoms with van der Waals surface area (Å²) in [6.45, 7) is 1.94. The minimum absolute atomic E-state index is 0.0166. The molecule has 2 amide bonds. The highest BCUT2D eigenvalue weighted by Gasteiger charge is 2.07. The summed E-state index contributed by atoms with van der Waals surface area (Å²) in [5.74, 6) is -0.0188. The Morgan fingerprint density at radius 3 is 2.47 bits per heavy atom. The van der Waals surface area contributed by atoms with Crippen molar-refractivity contribution in [2.75, 3.05) is 17.3 Å². The van der Waals surface area contributed by atoms with E-state index in [9.17, 15) is 9.59 Å². The van der Waals surface area contributed by atoms with Gasteiger partial charge in [0.25, 0.3) is 0 Å². The lowest BCUT2D eigenvalue weighted by molar-refractivity contribution is -0.136. The normalized spacial score (nSPS) is 11.7. The molecule has 1 unspecified atom stereocenters. The van der Waals surface area contributed by atoms with Crippen molar-refractivity contribution in [3.05, 3.63) is 29.8 Å². The summed E-state index contributed by atoms with van der Waals surface area (Å²) < 4.78 is 0. The molecule has 5 nitrogen and oxygen atoms in total. The van der Waals surface area contributed by atoms with Crippen LogP contribution >= 0.6 is 11.8 Å². The fourth-order valence-corrected chi connectivity index (χ4v) is 2.15. The Balaban J connectivity index is 2.48. The van der Waals surface area contributed by atoms with Crippen LogP contribution in [-0.4, -0.2) is 35.2 Å². The first-order chi connectivity index (χ1) is 9.01. The van der Waals surface area contributed by atoms with Crippen LogP contribution in [0.2, 0.25) is 0 Å². The number of hydrogen-bond donors (Lipinski definition) is 3. The maximum atomic E-state index is 11.6. The third-order valence-corrected chi connectivity index (χ3v) is 3.19. The Kier molecular flexibility index (Phi) is 6.21. The molecule has 1 rings (SSSR count). The van der Waals surface area contributed by atoms with Crippen LogP contribution in [0.15, 0.2) is 24.3 Å². The summed E-state index contributed by atoms with van der Waals surface area (Å²) in [6, 6.07) is 6.60. The molecule has 0 saturated carbocycles. The van der Waals surface area contributed by atoms with Gasteiger partial charge in [0.2, 0.25) is 0 Å². The van der Waals surface area contributed by atoms with Gasteiger partial charge >= 0.3 is 12.0 Å². The zero-order chi connectivity index (χ0) is 14.3. The Morgan fingerprint density at radius 2 is 1.95 bits per heavy atom. The van der Waals surface area contributed by atoms with Gasteiger partial charge in [0.15, 0.2) is 0 Å². The Morgan fingerprint density at radius 1 is 1.32 bits per heavy atom. The number of benzene rings is 1. The molecule has 19 heavy (non-hydrogen) atoms. The van der Waals surface area contributed by atoms with Crippen LogP contribution in [0.1, 0.15) is 12.5 Å². The van der Waals surface area contributed by atoms with Crippen molar-refractivity contribution in [2.45, 2.75) is 19.4 Å². The number of anilines is 1. The van der Waals surface area contributed by atoms with Gasteiger partial charge in [-0.3, -0.25) is 4.79 Å². The van der Waals surface area contributed by atoms with Gasteiger partial charge in [0.1, 0.15) is 0 Å². The number of urea groups is 1. The number of carboxylic acid groups (broad SMARTS) is 1.